The van der Waals surface area contributed by atoms with Crippen LogP contribution in [0.3, 0.4) is 0 Å². The molecule has 0 aromatic heterocycles. The molecule has 0 aromatic carbocycles. The Balaban J connectivity index is 1.29. The Kier molecular flexibility index (Phi) is 11.3. The first-order chi connectivity index (χ1) is 25.5. The summed E-state index contributed by atoms with van der Waals surface area (Å²) in [5, 5.41) is 0. The van der Waals surface area contributed by atoms with Gasteiger partial charge >= 0.3 is 23.9 Å². The van der Waals surface area contributed by atoms with Gasteiger partial charge in [0.1, 0.15) is 16.6 Å². The number of fused-ring (bicyclic) bond motifs is 7. The van der Waals surface area contributed by atoms with Crippen molar-refractivity contribution in [3.05, 3.63) is 11.6 Å². The monoisotopic (exact) mass is 882 g/mol. The Morgan fingerprint density at radius 2 is 1.47 bits per heavy atom. The zero-order valence-electron chi connectivity index (χ0n) is 34.7. The Hall–Kier alpha value is -2.06. The van der Waals surface area contributed by atoms with E-state index in [2.05, 4.69) is 64.1 Å². The Bertz CT molecular complexity index is 1620. The molecule has 1 aliphatic heterocycles. The number of hydrogen-bond acceptors (Lipinski definition) is 11. The molecule has 1 saturated heterocycles. The van der Waals surface area contributed by atoms with Gasteiger partial charge in [-0.15, -0.1) is 0 Å². The van der Waals surface area contributed by atoms with E-state index in [0.717, 1.165) is 44.9 Å². The molecule has 4 saturated carbocycles. The lowest BCUT2D eigenvalue weighted by molar-refractivity contribution is -0.294. The van der Waals surface area contributed by atoms with Crippen molar-refractivity contribution < 1.29 is 52.4 Å². The normalized spacial score (nSPS) is 46.0. The molecular formula is C43H63IO11. The van der Waals surface area contributed by atoms with Crippen LogP contribution in [-0.2, 0) is 52.4 Å². The van der Waals surface area contributed by atoms with Crippen molar-refractivity contribution in [3.63, 3.8) is 0 Å². The molecule has 0 N–H and O–H groups in total. The molecule has 55 heavy (non-hydrogen) atoms. The molecule has 308 valence electrons. The Morgan fingerprint density at radius 1 is 0.836 bits per heavy atom. The SMILES string of the molecule is COC(=O)[C@@]1(C)CC[C@]2(C)CC[C@]3(C)C(=CC(=O)[C@@H]4[C@@]5(C)CC[C@H](O[C@H]6O[C@H](COC(C)=O)[C@@H](OC(C)=O)[C@H](OC(C)=O)[C@@H]6I)C(C)(C)[C@@H]5CC[C@]43C)[C@@H]2C1. The number of ether oxygens (including phenoxy) is 6. The minimum atomic E-state index is -1.00. The Labute approximate surface area is 340 Å². The molecule has 5 aliphatic carbocycles. The van der Waals surface area contributed by atoms with Gasteiger partial charge in [0.25, 0.3) is 0 Å². The maximum Gasteiger partial charge on any atom is 0.311 e. The number of methoxy groups -OCH3 is 1. The number of allylic oxidation sites excluding steroid dienone is 2. The number of halogens is 1. The predicted octanol–water partition coefficient (Wildman–Crippen LogP) is 7.48. The van der Waals surface area contributed by atoms with Gasteiger partial charge in [0, 0.05) is 26.7 Å². The van der Waals surface area contributed by atoms with Crippen molar-refractivity contribution in [3.8, 4) is 0 Å². The smallest absolute Gasteiger partial charge is 0.311 e. The summed E-state index contributed by atoms with van der Waals surface area (Å²) in [5.41, 5.74) is -0.352. The second kappa shape index (κ2) is 14.6. The first kappa shape index (κ1) is 42.5. The largest absolute Gasteiger partial charge is 0.469 e. The van der Waals surface area contributed by atoms with Crippen LogP contribution >= 0.6 is 22.6 Å². The highest BCUT2D eigenvalue weighted by atomic mass is 127. The fraction of sp³-hybridized carbons (Fsp3) is 0.837. The molecule has 0 unspecified atom stereocenters. The third kappa shape index (κ3) is 6.91. The number of alkyl halides is 1. The molecule has 14 atom stereocenters. The summed E-state index contributed by atoms with van der Waals surface area (Å²) in [6.07, 6.45) is 5.97. The molecule has 0 spiro atoms. The molecule has 1 heterocycles. The molecule has 6 aliphatic rings. The highest BCUT2D eigenvalue weighted by Gasteiger charge is 2.70. The topological polar surface area (TPSA) is 141 Å². The minimum Gasteiger partial charge on any atom is -0.469 e. The molecule has 0 aromatic rings. The average Bonchev–Trinajstić information content (AvgIpc) is 3.08. The third-order valence-electron chi connectivity index (χ3n) is 16.1. The summed E-state index contributed by atoms with van der Waals surface area (Å²) >= 11 is 2.14. The summed E-state index contributed by atoms with van der Waals surface area (Å²) in [6, 6.07) is 0. The van der Waals surface area contributed by atoms with E-state index in [9.17, 15) is 24.0 Å². The number of carbonyl (C=O) groups is 5. The van der Waals surface area contributed by atoms with Crippen LogP contribution in [0.2, 0.25) is 0 Å². The van der Waals surface area contributed by atoms with E-state index in [1.165, 1.54) is 33.5 Å². The first-order valence-corrected chi connectivity index (χ1v) is 21.5. The minimum absolute atomic E-state index is 0.0441. The van der Waals surface area contributed by atoms with Gasteiger partial charge in [-0.25, -0.2) is 0 Å². The standard InChI is InChI=1S/C43H63IO11/c1-23(45)51-22-29-33(52-24(2)46)34(53-25(3)47)32(44)36(54-29)55-31-13-14-41(8)30(38(31,4)5)12-15-43(10)35(41)28(48)20-26-27-21-40(7,37(49)50-11)17-16-39(27,6)18-19-42(26,43)9/h20,27,29-36H,12-19,21-22H2,1-11H3/t27-,29+,30-,31-,32-,33+,34+,35+,36+,39+,40-,41-,42+,43+/m0/s1. The van der Waals surface area contributed by atoms with Crippen LogP contribution < -0.4 is 0 Å². The second-order valence-corrected chi connectivity index (χ2v) is 21.1. The molecule has 0 amide bonds. The summed E-state index contributed by atoms with van der Waals surface area (Å²) in [5.74, 6) is -1.42. The van der Waals surface area contributed by atoms with Crippen LogP contribution in [0.1, 0.15) is 127 Å². The number of esters is 4. The molecule has 11 nitrogen and oxygen atoms in total. The number of ketones is 1. The van der Waals surface area contributed by atoms with E-state index in [-0.39, 0.29) is 69.3 Å². The number of hydrogen-bond donors (Lipinski definition) is 0. The molecule has 12 heteroatoms. The van der Waals surface area contributed by atoms with E-state index in [1.807, 2.05) is 13.0 Å². The van der Waals surface area contributed by atoms with E-state index in [4.69, 9.17) is 28.4 Å². The van der Waals surface area contributed by atoms with Gasteiger partial charge in [0.15, 0.2) is 24.3 Å². The summed E-state index contributed by atoms with van der Waals surface area (Å²) in [7, 11) is 1.48. The van der Waals surface area contributed by atoms with Gasteiger partial charge in [0.2, 0.25) is 0 Å². The van der Waals surface area contributed by atoms with Crippen molar-refractivity contribution in [1.29, 1.82) is 0 Å². The van der Waals surface area contributed by atoms with Gasteiger partial charge in [-0.05, 0) is 110 Å². The molecule has 5 fully saturated rings. The van der Waals surface area contributed by atoms with Crippen LogP contribution in [0, 0.1) is 50.2 Å². The quantitative estimate of drug-likeness (QED) is 0.0827. The average molecular weight is 883 g/mol. The van der Waals surface area contributed by atoms with Gasteiger partial charge in [-0.1, -0.05) is 69.7 Å². The maximum atomic E-state index is 14.9. The van der Waals surface area contributed by atoms with Gasteiger partial charge in [0.05, 0.1) is 18.6 Å². The summed E-state index contributed by atoms with van der Waals surface area (Å²) in [4.78, 5) is 64.3. The number of rotatable bonds is 7. The fourth-order valence-corrected chi connectivity index (χ4v) is 13.9. The molecule has 0 radical (unpaired) electrons. The predicted molar refractivity (Wildman–Crippen MR) is 211 cm³/mol. The molecule has 6 rings (SSSR count). The van der Waals surface area contributed by atoms with Crippen LogP contribution in [-0.4, -0.2) is 78.0 Å². The van der Waals surface area contributed by atoms with Crippen LogP contribution in [0.25, 0.3) is 0 Å². The maximum absolute atomic E-state index is 14.9. The highest BCUT2D eigenvalue weighted by Crippen LogP contribution is 2.75. The van der Waals surface area contributed by atoms with Gasteiger partial charge in [-0.3, -0.25) is 24.0 Å². The third-order valence-corrected chi connectivity index (χ3v) is 17.4. The first-order valence-electron chi connectivity index (χ1n) is 20.2. The zero-order valence-corrected chi connectivity index (χ0v) is 36.9. The number of carbonyl (C=O) groups excluding carboxylic acids is 5. The van der Waals surface area contributed by atoms with Crippen LogP contribution in [0.5, 0.6) is 0 Å². The van der Waals surface area contributed by atoms with Crippen molar-refractivity contribution in [2.75, 3.05) is 13.7 Å². The highest BCUT2D eigenvalue weighted by molar-refractivity contribution is 14.1. The van der Waals surface area contributed by atoms with Crippen molar-refractivity contribution in [2.45, 2.75) is 162 Å². The van der Waals surface area contributed by atoms with Crippen LogP contribution in [0.4, 0.5) is 0 Å². The Morgan fingerprint density at radius 3 is 2.09 bits per heavy atom. The summed E-state index contributed by atoms with van der Waals surface area (Å²) < 4.78 is 34.8. The van der Waals surface area contributed by atoms with E-state index >= 15 is 0 Å². The lowest BCUT2D eigenvalue weighted by atomic mass is 9.33. The zero-order chi connectivity index (χ0) is 40.7. The van der Waals surface area contributed by atoms with Crippen molar-refractivity contribution in [2.24, 2.45) is 50.2 Å². The molecule has 0 bridgehead atoms. The second-order valence-electron chi connectivity index (χ2n) is 19.7. The lowest BCUT2D eigenvalue weighted by Crippen LogP contribution is -2.67. The fourth-order valence-electron chi connectivity index (χ4n) is 13.0. The van der Waals surface area contributed by atoms with E-state index in [0.29, 0.717) is 12.8 Å². The van der Waals surface area contributed by atoms with Crippen molar-refractivity contribution >= 4 is 52.3 Å². The van der Waals surface area contributed by atoms with Gasteiger partial charge < -0.3 is 28.4 Å². The van der Waals surface area contributed by atoms with Crippen LogP contribution in [0.15, 0.2) is 11.6 Å². The van der Waals surface area contributed by atoms with E-state index < -0.39 is 51.8 Å². The van der Waals surface area contributed by atoms with Crippen molar-refractivity contribution in [1.82, 2.24) is 0 Å². The summed E-state index contributed by atoms with van der Waals surface area (Å²) in [6.45, 7) is 19.7. The van der Waals surface area contributed by atoms with E-state index in [1.54, 1.807) is 0 Å². The lowest BCUT2D eigenvalue weighted by Gasteiger charge is -2.70. The molecular weight excluding hydrogens is 819 g/mol. The van der Waals surface area contributed by atoms with Gasteiger partial charge in [-0.2, -0.15) is 0 Å².